The van der Waals surface area contributed by atoms with Crippen molar-refractivity contribution in [1.29, 1.82) is 0 Å². The number of nitrogens with zero attached hydrogens (tertiary/aromatic N) is 4. The van der Waals surface area contributed by atoms with E-state index in [4.69, 9.17) is 0 Å². The van der Waals surface area contributed by atoms with Crippen molar-refractivity contribution < 1.29 is 9.90 Å². The van der Waals surface area contributed by atoms with E-state index in [0.717, 1.165) is 18.5 Å². The Kier molecular flexibility index (Phi) is 3.47. The maximum atomic E-state index is 12.3. The number of amides is 1. The van der Waals surface area contributed by atoms with Gasteiger partial charge in [0.2, 0.25) is 5.82 Å². The Labute approximate surface area is 116 Å². The van der Waals surface area contributed by atoms with Gasteiger partial charge in [-0.25, -0.2) is 9.67 Å². The lowest BCUT2D eigenvalue weighted by Crippen LogP contribution is -2.38. The molecule has 1 atom stereocenters. The van der Waals surface area contributed by atoms with Gasteiger partial charge in [-0.15, -0.1) is 5.10 Å². The van der Waals surface area contributed by atoms with Gasteiger partial charge in [0.1, 0.15) is 6.33 Å². The lowest BCUT2D eigenvalue weighted by molar-refractivity contribution is 0.0665. The molecule has 2 aromatic rings. The molecule has 1 aliphatic heterocycles. The van der Waals surface area contributed by atoms with Gasteiger partial charge in [-0.05, 0) is 25.0 Å². The lowest BCUT2D eigenvalue weighted by Gasteiger charge is -2.21. The van der Waals surface area contributed by atoms with Crippen LogP contribution in [0, 0.1) is 0 Å². The predicted octanol–water partition coefficient (Wildman–Crippen LogP) is 0.864. The second-order valence-corrected chi connectivity index (χ2v) is 4.83. The Morgan fingerprint density at radius 1 is 1.35 bits per heavy atom. The first-order valence-electron chi connectivity index (χ1n) is 6.68. The summed E-state index contributed by atoms with van der Waals surface area (Å²) >= 11 is 0. The van der Waals surface area contributed by atoms with Crippen LogP contribution < -0.4 is 0 Å². The number of para-hydroxylation sites is 1. The minimum absolute atomic E-state index is 0.00880. The molecule has 1 unspecified atom stereocenters. The molecule has 20 heavy (non-hydrogen) atoms. The standard InChI is InChI=1S/C14H16N4O2/c19-9-12-7-4-8-17(12)14(20)13-15-10-18(16-13)11-5-2-1-3-6-11/h1-3,5-6,10,12,19H,4,7-9H2. The molecule has 0 bridgehead atoms. The zero-order valence-corrected chi connectivity index (χ0v) is 11.0. The summed E-state index contributed by atoms with van der Waals surface area (Å²) in [6, 6.07) is 9.42. The van der Waals surface area contributed by atoms with Crippen LogP contribution in [0.3, 0.4) is 0 Å². The highest BCUT2D eigenvalue weighted by Gasteiger charge is 2.30. The molecule has 0 radical (unpaired) electrons. The fourth-order valence-electron chi connectivity index (χ4n) is 2.49. The summed E-state index contributed by atoms with van der Waals surface area (Å²) in [4.78, 5) is 18.1. The number of likely N-dealkylation sites (tertiary alicyclic amines) is 1. The SMILES string of the molecule is O=C(c1ncn(-c2ccccc2)n1)N1CCCC1CO. The average molecular weight is 272 g/mol. The van der Waals surface area contributed by atoms with Gasteiger partial charge in [0.25, 0.3) is 5.91 Å². The van der Waals surface area contributed by atoms with Crippen molar-refractivity contribution >= 4 is 5.91 Å². The summed E-state index contributed by atoms with van der Waals surface area (Å²) in [5.41, 5.74) is 0.860. The number of hydrogen-bond donors (Lipinski definition) is 1. The normalized spacial score (nSPS) is 18.4. The van der Waals surface area contributed by atoms with E-state index in [9.17, 15) is 9.90 Å². The van der Waals surface area contributed by atoms with Gasteiger partial charge in [-0.3, -0.25) is 4.79 Å². The van der Waals surface area contributed by atoms with Crippen molar-refractivity contribution in [1.82, 2.24) is 19.7 Å². The van der Waals surface area contributed by atoms with Gasteiger partial charge in [0, 0.05) is 6.54 Å². The first-order valence-corrected chi connectivity index (χ1v) is 6.68. The highest BCUT2D eigenvalue weighted by Crippen LogP contribution is 2.18. The number of rotatable bonds is 3. The topological polar surface area (TPSA) is 71.2 Å². The molecule has 2 heterocycles. The first-order chi connectivity index (χ1) is 9.79. The molecule has 1 aromatic heterocycles. The van der Waals surface area contributed by atoms with Gasteiger partial charge in [0.15, 0.2) is 0 Å². The summed E-state index contributed by atoms with van der Waals surface area (Å²) in [7, 11) is 0. The van der Waals surface area contributed by atoms with Crippen molar-refractivity contribution in [3.8, 4) is 5.69 Å². The smallest absolute Gasteiger partial charge is 0.293 e. The van der Waals surface area contributed by atoms with E-state index in [1.807, 2.05) is 30.3 Å². The summed E-state index contributed by atoms with van der Waals surface area (Å²) < 4.78 is 1.58. The van der Waals surface area contributed by atoms with E-state index in [0.29, 0.717) is 6.54 Å². The third-order valence-electron chi connectivity index (χ3n) is 3.55. The molecule has 1 aliphatic rings. The van der Waals surface area contributed by atoms with Crippen molar-refractivity contribution in [2.75, 3.05) is 13.2 Å². The predicted molar refractivity (Wildman–Crippen MR) is 72.5 cm³/mol. The van der Waals surface area contributed by atoms with E-state index in [2.05, 4.69) is 10.1 Å². The molecule has 6 heteroatoms. The van der Waals surface area contributed by atoms with Crippen LogP contribution in [0.15, 0.2) is 36.7 Å². The van der Waals surface area contributed by atoms with Gasteiger partial charge >= 0.3 is 0 Å². The Hall–Kier alpha value is -2.21. The number of aliphatic hydroxyl groups is 1. The zero-order chi connectivity index (χ0) is 13.9. The van der Waals surface area contributed by atoms with Gasteiger partial charge < -0.3 is 10.0 Å². The molecule has 1 fully saturated rings. The van der Waals surface area contributed by atoms with Crippen LogP contribution >= 0.6 is 0 Å². The number of hydrogen-bond acceptors (Lipinski definition) is 4. The first kappa shape index (κ1) is 12.8. The van der Waals surface area contributed by atoms with Crippen LogP contribution in [-0.2, 0) is 0 Å². The van der Waals surface area contributed by atoms with Gasteiger partial charge in [-0.1, -0.05) is 18.2 Å². The van der Waals surface area contributed by atoms with E-state index in [-0.39, 0.29) is 24.4 Å². The maximum Gasteiger partial charge on any atom is 0.293 e. The fourth-order valence-corrected chi connectivity index (χ4v) is 2.49. The molecule has 6 nitrogen and oxygen atoms in total. The molecule has 0 spiro atoms. The monoisotopic (exact) mass is 272 g/mol. The van der Waals surface area contributed by atoms with Crippen LogP contribution in [0.25, 0.3) is 5.69 Å². The Bertz CT molecular complexity index is 596. The number of aromatic nitrogens is 3. The molecular formula is C14H16N4O2. The van der Waals surface area contributed by atoms with E-state index in [1.54, 1.807) is 9.58 Å². The Balaban J connectivity index is 1.82. The highest BCUT2D eigenvalue weighted by molar-refractivity contribution is 5.90. The summed E-state index contributed by atoms with van der Waals surface area (Å²) in [5, 5.41) is 13.5. The van der Waals surface area contributed by atoms with E-state index in [1.165, 1.54) is 6.33 Å². The van der Waals surface area contributed by atoms with Crippen LogP contribution in [0.4, 0.5) is 0 Å². The van der Waals surface area contributed by atoms with Crippen LogP contribution in [-0.4, -0.2) is 49.9 Å². The molecular weight excluding hydrogens is 256 g/mol. The molecule has 1 aromatic carbocycles. The molecule has 0 saturated carbocycles. The quantitative estimate of drug-likeness (QED) is 0.899. The third kappa shape index (κ3) is 2.30. The number of carbonyl (C=O) groups excluding carboxylic acids is 1. The van der Waals surface area contributed by atoms with Crippen molar-refractivity contribution in [2.24, 2.45) is 0 Å². The minimum Gasteiger partial charge on any atom is -0.394 e. The second-order valence-electron chi connectivity index (χ2n) is 4.83. The summed E-state index contributed by atoms with van der Waals surface area (Å²) in [6.45, 7) is 0.648. The number of aliphatic hydroxyl groups excluding tert-OH is 1. The minimum atomic E-state index is -0.212. The van der Waals surface area contributed by atoms with Crippen LogP contribution in [0.1, 0.15) is 23.5 Å². The highest BCUT2D eigenvalue weighted by atomic mass is 16.3. The van der Waals surface area contributed by atoms with Crippen LogP contribution in [0.2, 0.25) is 0 Å². The largest absolute Gasteiger partial charge is 0.394 e. The second kappa shape index (κ2) is 5.42. The molecule has 104 valence electrons. The molecule has 1 amide bonds. The number of benzene rings is 1. The van der Waals surface area contributed by atoms with Crippen molar-refractivity contribution in [3.63, 3.8) is 0 Å². The lowest BCUT2D eigenvalue weighted by atomic mass is 10.2. The van der Waals surface area contributed by atoms with Crippen molar-refractivity contribution in [3.05, 3.63) is 42.5 Å². The van der Waals surface area contributed by atoms with E-state index >= 15 is 0 Å². The molecule has 1 saturated heterocycles. The third-order valence-corrected chi connectivity index (χ3v) is 3.55. The van der Waals surface area contributed by atoms with Crippen molar-refractivity contribution in [2.45, 2.75) is 18.9 Å². The number of carbonyl (C=O) groups is 1. The van der Waals surface area contributed by atoms with Gasteiger partial charge in [-0.2, -0.15) is 0 Å². The summed E-state index contributed by atoms with van der Waals surface area (Å²) in [6.07, 6.45) is 3.28. The summed E-state index contributed by atoms with van der Waals surface area (Å²) in [5.74, 6) is -0.0366. The molecule has 1 N–H and O–H groups in total. The molecule has 3 rings (SSSR count). The maximum absolute atomic E-state index is 12.3. The Morgan fingerprint density at radius 2 is 2.15 bits per heavy atom. The van der Waals surface area contributed by atoms with Gasteiger partial charge in [0.05, 0.1) is 18.3 Å². The fraction of sp³-hybridized carbons (Fsp3) is 0.357. The average Bonchev–Trinajstić information content (AvgIpc) is 3.16. The Morgan fingerprint density at radius 3 is 2.90 bits per heavy atom. The van der Waals surface area contributed by atoms with Crippen LogP contribution in [0.5, 0.6) is 0 Å². The zero-order valence-electron chi connectivity index (χ0n) is 11.0. The molecule has 0 aliphatic carbocycles. The van der Waals surface area contributed by atoms with E-state index < -0.39 is 0 Å².